The Bertz CT molecular complexity index is 261. The number of pyridine rings is 1. The van der Waals surface area contributed by atoms with Gasteiger partial charge in [-0.05, 0) is 12.1 Å². The fourth-order valence-electron chi connectivity index (χ4n) is 0.616. The Morgan fingerprint density at radius 2 is 2.50 bits per heavy atom. The van der Waals surface area contributed by atoms with Crippen molar-refractivity contribution in [2.24, 2.45) is 0 Å². The van der Waals surface area contributed by atoms with Gasteiger partial charge in [0.2, 0.25) is 0 Å². The summed E-state index contributed by atoms with van der Waals surface area (Å²) >= 11 is 10.9. The van der Waals surface area contributed by atoms with Gasteiger partial charge >= 0.3 is 0 Å². The summed E-state index contributed by atoms with van der Waals surface area (Å²) in [7, 11) is 0. The van der Waals surface area contributed by atoms with Crippen LogP contribution in [-0.2, 0) is 0 Å². The lowest BCUT2D eigenvalue weighted by Gasteiger charge is -2.02. The highest BCUT2D eigenvalue weighted by Crippen LogP contribution is 2.10. The van der Waals surface area contributed by atoms with Crippen LogP contribution in [0.2, 0.25) is 0 Å². The standard InChI is InChI=1S/C8H7Cl2NO/c9-4-7(10)6-12-8-2-1-3-11-5-8/h1-5H,6H2/b7-4+. The van der Waals surface area contributed by atoms with E-state index in [0.717, 1.165) is 0 Å². The maximum atomic E-state index is 5.60. The van der Waals surface area contributed by atoms with Crippen molar-refractivity contribution in [3.63, 3.8) is 0 Å². The minimum Gasteiger partial charge on any atom is -0.486 e. The van der Waals surface area contributed by atoms with Crippen LogP contribution in [0.1, 0.15) is 0 Å². The van der Waals surface area contributed by atoms with E-state index in [1.807, 2.05) is 0 Å². The van der Waals surface area contributed by atoms with Gasteiger partial charge < -0.3 is 4.74 Å². The van der Waals surface area contributed by atoms with E-state index in [1.54, 1.807) is 24.5 Å². The van der Waals surface area contributed by atoms with Crippen LogP contribution in [0.25, 0.3) is 0 Å². The third kappa shape index (κ3) is 3.11. The molecule has 1 aromatic heterocycles. The highest BCUT2D eigenvalue weighted by molar-refractivity contribution is 6.36. The molecule has 1 rings (SSSR count). The molecule has 0 bridgehead atoms. The zero-order valence-corrected chi connectivity index (χ0v) is 7.72. The number of hydrogen-bond acceptors (Lipinski definition) is 2. The molecule has 0 aliphatic rings. The van der Waals surface area contributed by atoms with E-state index in [1.165, 1.54) is 5.54 Å². The van der Waals surface area contributed by atoms with E-state index in [0.29, 0.717) is 10.8 Å². The Labute approximate surface area is 80.8 Å². The van der Waals surface area contributed by atoms with Gasteiger partial charge in [0, 0.05) is 11.7 Å². The number of rotatable bonds is 3. The molecule has 0 aromatic carbocycles. The van der Waals surface area contributed by atoms with Gasteiger partial charge in [-0.1, -0.05) is 23.2 Å². The topological polar surface area (TPSA) is 22.1 Å². The zero-order chi connectivity index (χ0) is 8.81. The van der Waals surface area contributed by atoms with Crippen LogP contribution in [0, 0.1) is 0 Å². The summed E-state index contributed by atoms with van der Waals surface area (Å²) in [5.74, 6) is 0.675. The third-order valence-corrected chi connectivity index (χ3v) is 1.72. The monoisotopic (exact) mass is 203 g/mol. The Hall–Kier alpha value is -0.730. The molecule has 0 atom stereocenters. The van der Waals surface area contributed by atoms with E-state index in [9.17, 15) is 0 Å². The molecule has 0 spiro atoms. The molecule has 2 nitrogen and oxygen atoms in total. The van der Waals surface area contributed by atoms with Crippen molar-refractivity contribution in [3.05, 3.63) is 35.1 Å². The van der Waals surface area contributed by atoms with Crippen molar-refractivity contribution in [1.82, 2.24) is 4.98 Å². The quantitative estimate of drug-likeness (QED) is 0.755. The van der Waals surface area contributed by atoms with E-state index in [4.69, 9.17) is 27.9 Å². The maximum Gasteiger partial charge on any atom is 0.138 e. The highest BCUT2D eigenvalue weighted by Gasteiger charge is 1.93. The first-order valence-electron chi connectivity index (χ1n) is 3.30. The van der Waals surface area contributed by atoms with Gasteiger partial charge in [-0.25, -0.2) is 0 Å². The zero-order valence-electron chi connectivity index (χ0n) is 6.21. The second-order valence-electron chi connectivity index (χ2n) is 2.03. The first-order chi connectivity index (χ1) is 5.83. The molecule has 64 valence electrons. The van der Waals surface area contributed by atoms with Gasteiger partial charge in [-0.3, -0.25) is 4.98 Å². The number of ether oxygens (including phenoxy) is 1. The number of nitrogens with zero attached hydrogens (tertiary/aromatic N) is 1. The normalized spacial score (nSPS) is 11.3. The summed E-state index contributed by atoms with van der Waals surface area (Å²) in [4.78, 5) is 3.87. The second-order valence-corrected chi connectivity index (χ2v) is 2.74. The van der Waals surface area contributed by atoms with Gasteiger partial charge in [0.15, 0.2) is 0 Å². The Kier molecular flexibility index (Phi) is 3.91. The smallest absolute Gasteiger partial charge is 0.138 e. The van der Waals surface area contributed by atoms with Crippen LogP contribution in [0.15, 0.2) is 35.1 Å². The molecule has 0 unspecified atom stereocenters. The van der Waals surface area contributed by atoms with E-state index in [-0.39, 0.29) is 6.61 Å². The van der Waals surface area contributed by atoms with Crippen LogP contribution >= 0.6 is 23.2 Å². The molecule has 0 saturated carbocycles. The fourth-order valence-corrected chi connectivity index (χ4v) is 0.734. The molecule has 4 heteroatoms. The van der Waals surface area contributed by atoms with Crippen LogP contribution in [-0.4, -0.2) is 11.6 Å². The number of aromatic nitrogens is 1. The summed E-state index contributed by atoms with van der Waals surface area (Å²) in [6.07, 6.45) is 3.28. The Morgan fingerprint density at radius 1 is 1.67 bits per heavy atom. The van der Waals surface area contributed by atoms with Gasteiger partial charge in [0.25, 0.3) is 0 Å². The summed E-state index contributed by atoms with van der Waals surface area (Å²) in [5.41, 5.74) is 1.28. The molecular formula is C8H7Cl2NO. The Balaban J connectivity index is 2.44. The van der Waals surface area contributed by atoms with Gasteiger partial charge in [-0.2, -0.15) is 0 Å². The lowest BCUT2D eigenvalue weighted by Crippen LogP contribution is -1.96. The van der Waals surface area contributed by atoms with Crippen molar-refractivity contribution < 1.29 is 4.74 Å². The first-order valence-corrected chi connectivity index (χ1v) is 4.12. The van der Waals surface area contributed by atoms with E-state index >= 15 is 0 Å². The maximum absolute atomic E-state index is 5.60. The molecule has 0 aliphatic carbocycles. The van der Waals surface area contributed by atoms with Crippen LogP contribution in [0.4, 0.5) is 0 Å². The van der Waals surface area contributed by atoms with Crippen LogP contribution in [0.3, 0.4) is 0 Å². The molecule has 0 saturated heterocycles. The fraction of sp³-hybridized carbons (Fsp3) is 0.125. The number of halogens is 2. The summed E-state index contributed by atoms with van der Waals surface area (Å²) in [5, 5.41) is 0.459. The Morgan fingerprint density at radius 3 is 3.08 bits per heavy atom. The van der Waals surface area contributed by atoms with Crippen molar-refractivity contribution in [2.45, 2.75) is 0 Å². The van der Waals surface area contributed by atoms with Crippen LogP contribution < -0.4 is 4.74 Å². The molecular weight excluding hydrogens is 197 g/mol. The molecule has 0 amide bonds. The van der Waals surface area contributed by atoms with Gasteiger partial charge in [0.05, 0.1) is 11.2 Å². The summed E-state index contributed by atoms with van der Waals surface area (Å²) in [6, 6.07) is 3.58. The molecule has 0 radical (unpaired) electrons. The molecule has 12 heavy (non-hydrogen) atoms. The molecule has 1 aromatic rings. The lowest BCUT2D eigenvalue weighted by molar-refractivity contribution is 0.358. The minimum atomic E-state index is 0.275. The van der Waals surface area contributed by atoms with E-state index in [2.05, 4.69) is 4.98 Å². The van der Waals surface area contributed by atoms with Crippen LogP contribution in [0.5, 0.6) is 5.75 Å². The summed E-state index contributed by atoms with van der Waals surface area (Å²) < 4.78 is 5.21. The number of hydrogen-bond donors (Lipinski definition) is 0. The summed E-state index contributed by atoms with van der Waals surface area (Å²) in [6.45, 7) is 0.275. The van der Waals surface area contributed by atoms with Crippen molar-refractivity contribution in [3.8, 4) is 5.75 Å². The average molecular weight is 204 g/mol. The molecule has 0 aliphatic heterocycles. The minimum absolute atomic E-state index is 0.275. The predicted octanol–water partition coefficient (Wildman–Crippen LogP) is 2.78. The highest BCUT2D eigenvalue weighted by atomic mass is 35.5. The van der Waals surface area contributed by atoms with Gasteiger partial charge in [0.1, 0.15) is 12.4 Å². The lowest BCUT2D eigenvalue weighted by atomic mass is 10.5. The first kappa shape index (κ1) is 9.36. The molecule has 0 fully saturated rings. The van der Waals surface area contributed by atoms with Crippen molar-refractivity contribution in [2.75, 3.05) is 6.61 Å². The molecule has 0 N–H and O–H groups in total. The third-order valence-electron chi connectivity index (χ3n) is 1.13. The van der Waals surface area contributed by atoms with Gasteiger partial charge in [-0.15, -0.1) is 0 Å². The SMILES string of the molecule is Cl/C=C(/Cl)COc1cccnc1. The molecule has 1 heterocycles. The second kappa shape index (κ2) is 5.01. The van der Waals surface area contributed by atoms with Crippen molar-refractivity contribution >= 4 is 23.2 Å². The average Bonchev–Trinajstić information content (AvgIpc) is 2.16. The largest absolute Gasteiger partial charge is 0.486 e. The van der Waals surface area contributed by atoms with E-state index < -0.39 is 0 Å². The predicted molar refractivity (Wildman–Crippen MR) is 49.5 cm³/mol. The van der Waals surface area contributed by atoms with Crippen molar-refractivity contribution in [1.29, 1.82) is 0 Å².